The molecule has 0 aliphatic heterocycles. The van der Waals surface area contributed by atoms with Gasteiger partial charge in [-0.05, 0) is 49.1 Å². The molecule has 1 saturated carbocycles. The number of hydroxylamine groups is 1. The van der Waals surface area contributed by atoms with E-state index in [0.717, 1.165) is 31.0 Å². The van der Waals surface area contributed by atoms with Crippen molar-refractivity contribution < 1.29 is 27.9 Å². The normalized spacial score (nSPS) is 14.7. The molecule has 1 atom stereocenters. The van der Waals surface area contributed by atoms with Gasteiger partial charge in [0.2, 0.25) is 0 Å². The molecule has 0 heterocycles. The Bertz CT molecular complexity index is 862. The van der Waals surface area contributed by atoms with E-state index in [-0.39, 0.29) is 23.8 Å². The van der Waals surface area contributed by atoms with E-state index in [1.807, 2.05) is 0 Å². The number of carbonyl (C=O) groups excluding carboxylic acids is 1. The van der Waals surface area contributed by atoms with Gasteiger partial charge in [-0.1, -0.05) is 15.9 Å². The van der Waals surface area contributed by atoms with Crippen molar-refractivity contribution in [2.24, 2.45) is 5.92 Å². The number of benzene rings is 2. The molecule has 1 amide bonds. The number of halogens is 4. The molecule has 0 saturated heterocycles. The highest BCUT2D eigenvalue weighted by Crippen LogP contribution is 2.34. The summed E-state index contributed by atoms with van der Waals surface area (Å²) in [5.74, 6) is -3.95. The van der Waals surface area contributed by atoms with Gasteiger partial charge in [0.1, 0.15) is 11.9 Å². The summed E-state index contributed by atoms with van der Waals surface area (Å²) in [4.78, 5) is 17.5. The lowest BCUT2D eigenvalue weighted by Gasteiger charge is -2.17. The Morgan fingerprint density at radius 2 is 1.96 bits per heavy atom. The van der Waals surface area contributed by atoms with Gasteiger partial charge in [-0.3, -0.25) is 9.63 Å². The number of carbonyl (C=O) groups is 1. The lowest BCUT2D eigenvalue weighted by atomic mass is 10.1. The van der Waals surface area contributed by atoms with E-state index in [4.69, 9.17) is 4.84 Å². The smallest absolute Gasteiger partial charge is 0.277 e. The SMILES string of the molecule is O=C(NOC(CO)C1CC1)c1ccc(F)c(F)c1Nc1ccc(Br)cc1F. The Kier molecular flexibility index (Phi) is 6.03. The summed E-state index contributed by atoms with van der Waals surface area (Å²) >= 11 is 3.10. The van der Waals surface area contributed by atoms with E-state index in [2.05, 4.69) is 26.7 Å². The summed E-state index contributed by atoms with van der Waals surface area (Å²) in [6.45, 7) is -0.280. The van der Waals surface area contributed by atoms with Crippen LogP contribution in [0.15, 0.2) is 34.8 Å². The molecule has 1 fully saturated rings. The van der Waals surface area contributed by atoms with Crippen LogP contribution in [0.3, 0.4) is 0 Å². The van der Waals surface area contributed by atoms with E-state index in [0.29, 0.717) is 4.47 Å². The van der Waals surface area contributed by atoms with Crippen molar-refractivity contribution in [2.75, 3.05) is 11.9 Å². The van der Waals surface area contributed by atoms with E-state index >= 15 is 0 Å². The summed E-state index contributed by atoms with van der Waals surface area (Å²) in [6.07, 6.45) is 1.18. The highest BCUT2D eigenvalue weighted by atomic mass is 79.9. The molecule has 1 aliphatic rings. The number of nitrogens with one attached hydrogen (secondary N) is 2. The third kappa shape index (κ3) is 4.60. The molecule has 0 spiro atoms. The zero-order chi connectivity index (χ0) is 19.6. The Morgan fingerprint density at radius 1 is 1.22 bits per heavy atom. The summed E-state index contributed by atoms with van der Waals surface area (Å²) in [7, 11) is 0. The highest BCUT2D eigenvalue weighted by molar-refractivity contribution is 9.10. The zero-order valence-corrected chi connectivity index (χ0v) is 15.5. The summed E-state index contributed by atoms with van der Waals surface area (Å²) in [5.41, 5.74) is 1.21. The van der Waals surface area contributed by atoms with Crippen molar-refractivity contribution >= 4 is 33.2 Å². The first-order valence-electron chi connectivity index (χ1n) is 8.17. The quantitative estimate of drug-likeness (QED) is 0.563. The average molecular weight is 445 g/mol. The van der Waals surface area contributed by atoms with Crippen LogP contribution < -0.4 is 10.8 Å². The van der Waals surface area contributed by atoms with Gasteiger partial charge in [0.15, 0.2) is 11.6 Å². The fourth-order valence-corrected chi connectivity index (χ4v) is 2.86. The molecule has 0 bridgehead atoms. The first-order valence-corrected chi connectivity index (χ1v) is 8.97. The third-order valence-electron chi connectivity index (χ3n) is 4.16. The lowest BCUT2D eigenvalue weighted by Crippen LogP contribution is -2.33. The van der Waals surface area contributed by atoms with Gasteiger partial charge < -0.3 is 10.4 Å². The third-order valence-corrected chi connectivity index (χ3v) is 4.65. The van der Waals surface area contributed by atoms with Crippen LogP contribution in [-0.2, 0) is 4.84 Å². The summed E-state index contributed by atoms with van der Waals surface area (Å²) in [6, 6.07) is 5.81. The van der Waals surface area contributed by atoms with E-state index in [9.17, 15) is 23.1 Å². The topological polar surface area (TPSA) is 70.6 Å². The maximum Gasteiger partial charge on any atom is 0.277 e. The number of aliphatic hydroxyl groups is 1. The van der Waals surface area contributed by atoms with Crippen LogP contribution in [0.25, 0.3) is 0 Å². The van der Waals surface area contributed by atoms with Crippen LogP contribution in [0.2, 0.25) is 0 Å². The molecule has 2 aromatic rings. The minimum Gasteiger partial charge on any atom is -0.394 e. The van der Waals surface area contributed by atoms with Crippen molar-refractivity contribution in [3.63, 3.8) is 0 Å². The maximum absolute atomic E-state index is 14.3. The predicted octanol–water partition coefficient (Wildman–Crippen LogP) is 4.04. The second-order valence-corrected chi connectivity index (χ2v) is 7.06. The van der Waals surface area contributed by atoms with E-state index in [1.54, 1.807) is 0 Å². The molecule has 5 nitrogen and oxygen atoms in total. The maximum atomic E-state index is 14.3. The minimum absolute atomic E-state index is 0.135. The summed E-state index contributed by atoms with van der Waals surface area (Å²) in [5, 5.41) is 11.7. The number of hydrogen-bond donors (Lipinski definition) is 3. The zero-order valence-electron chi connectivity index (χ0n) is 13.9. The van der Waals surface area contributed by atoms with Crippen LogP contribution in [-0.4, -0.2) is 23.7 Å². The minimum atomic E-state index is -1.33. The van der Waals surface area contributed by atoms with Crippen molar-refractivity contribution in [1.82, 2.24) is 5.48 Å². The van der Waals surface area contributed by atoms with Crippen molar-refractivity contribution in [3.05, 3.63) is 57.8 Å². The van der Waals surface area contributed by atoms with Crippen molar-refractivity contribution in [2.45, 2.75) is 18.9 Å². The number of aliphatic hydroxyl groups excluding tert-OH is 1. The van der Waals surface area contributed by atoms with Gasteiger partial charge in [0.25, 0.3) is 5.91 Å². The molecule has 0 radical (unpaired) electrons. The Hall–Kier alpha value is -2.10. The number of amides is 1. The molecule has 144 valence electrons. The molecule has 27 heavy (non-hydrogen) atoms. The molecular formula is C18H16BrF3N2O3. The molecule has 0 aromatic heterocycles. The van der Waals surface area contributed by atoms with Crippen LogP contribution in [0.1, 0.15) is 23.2 Å². The predicted molar refractivity (Wildman–Crippen MR) is 95.9 cm³/mol. The molecule has 9 heteroatoms. The van der Waals surface area contributed by atoms with Crippen molar-refractivity contribution in [1.29, 1.82) is 0 Å². The van der Waals surface area contributed by atoms with E-state index in [1.165, 1.54) is 12.1 Å². The highest BCUT2D eigenvalue weighted by Gasteiger charge is 2.32. The van der Waals surface area contributed by atoms with Gasteiger partial charge in [0, 0.05) is 4.47 Å². The summed E-state index contributed by atoms with van der Waals surface area (Å²) < 4.78 is 42.5. The molecule has 1 unspecified atom stereocenters. The molecule has 3 rings (SSSR count). The van der Waals surface area contributed by atoms with Gasteiger partial charge in [-0.15, -0.1) is 0 Å². The average Bonchev–Trinajstić information content (AvgIpc) is 3.46. The molecular weight excluding hydrogens is 429 g/mol. The van der Waals surface area contributed by atoms with Crippen LogP contribution in [0.5, 0.6) is 0 Å². The monoisotopic (exact) mass is 444 g/mol. The Labute approximate surface area is 161 Å². The number of anilines is 2. The van der Waals surface area contributed by atoms with E-state index < -0.39 is 35.2 Å². The van der Waals surface area contributed by atoms with Gasteiger partial charge in [-0.2, -0.15) is 0 Å². The molecule has 1 aliphatic carbocycles. The standard InChI is InChI=1S/C18H16BrF3N2O3/c19-10-3-6-14(13(21)7-10)23-17-11(4-5-12(20)16(17)22)18(26)24-27-15(8-25)9-1-2-9/h3-7,9,15,23,25H,1-2,8H2,(H,24,26). The van der Waals surface area contributed by atoms with Gasteiger partial charge in [-0.25, -0.2) is 18.7 Å². The van der Waals surface area contributed by atoms with Crippen molar-refractivity contribution in [3.8, 4) is 0 Å². The number of rotatable bonds is 7. The fourth-order valence-electron chi connectivity index (χ4n) is 2.52. The fraction of sp³-hybridized carbons (Fsp3) is 0.278. The second-order valence-electron chi connectivity index (χ2n) is 6.14. The largest absolute Gasteiger partial charge is 0.394 e. The number of hydrogen-bond acceptors (Lipinski definition) is 4. The van der Waals surface area contributed by atoms with Crippen LogP contribution in [0.4, 0.5) is 24.5 Å². The first-order chi connectivity index (χ1) is 12.9. The first kappa shape index (κ1) is 19.7. The molecule has 3 N–H and O–H groups in total. The second kappa shape index (κ2) is 8.28. The van der Waals surface area contributed by atoms with Crippen LogP contribution in [0, 0.1) is 23.4 Å². The Balaban J connectivity index is 1.84. The van der Waals surface area contributed by atoms with Gasteiger partial charge in [0.05, 0.1) is 23.5 Å². The Morgan fingerprint density at radius 3 is 2.59 bits per heavy atom. The van der Waals surface area contributed by atoms with Crippen LogP contribution >= 0.6 is 15.9 Å². The van der Waals surface area contributed by atoms with Gasteiger partial charge >= 0.3 is 0 Å². The lowest BCUT2D eigenvalue weighted by molar-refractivity contribution is -0.0497. The molecule has 2 aromatic carbocycles.